The first kappa shape index (κ1) is 16.0. The van der Waals surface area contributed by atoms with E-state index in [0.29, 0.717) is 6.04 Å². The van der Waals surface area contributed by atoms with Crippen molar-refractivity contribution >= 4 is 32.9 Å². The molecule has 1 fully saturated rings. The Kier molecular flexibility index (Phi) is 4.06. The molecule has 4 rings (SSSR count). The molecule has 0 saturated carbocycles. The Bertz CT molecular complexity index is 926. The summed E-state index contributed by atoms with van der Waals surface area (Å²) in [6, 6.07) is 2.75. The van der Waals surface area contributed by atoms with Crippen molar-refractivity contribution < 1.29 is 0 Å². The largest absolute Gasteiger partial charge is 0.309 e. The van der Waals surface area contributed by atoms with Gasteiger partial charge < -0.3 is 4.98 Å². The van der Waals surface area contributed by atoms with E-state index in [1.54, 1.807) is 22.7 Å². The highest BCUT2D eigenvalue weighted by atomic mass is 32.1. The van der Waals surface area contributed by atoms with Crippen LogP contribution in [0.4, 0.5) is 0 Å². The van der Waals surface area contributed by atoms with Crippen molar-refractivity contribution in [1.29, 1.82) is 0 Å². The van der Waals surface area contributed by atoms with Crippen molar-refractivity contribution in [3.8, 4) is 0 Å². The van der Waals surface area contributed by atoms with Crippen LogP contribution in [0.1, 0.15) is 53.7 Å². The van der Waals surface area contributed by atoms with Gasteiger partial charge in [0.15, 0.2) is 0 Å². The second-order valence-electron chi connectivity index (χ2n) is 6.54. The minimum atomic E-state index is -0.00465. The van der Waals surface area contributed by atoms with Crippen molar-refractivity contribution in [3.05, 3.63) is 49.0 Å². The van der Waals surface area contributed by atoms with Crippen LogP contribution in [0, 0.1) is 13.8 Å². The van der Waals surface area contributed by atoms with E-state index in [2.05, 4.69) is 40.6 Å². The summed E-state index contributed by atoms with van der Waals surface area (Å²) in [4.78, 5) is 24.9. The van der Waals surface area contributed by atoms with E-state index in [0.717, 1.165) is 28.1 Å². The number of likely N-dealkylation sites (tertiary alicyclic amines) is 1. The van der Waals surface area contributed by atoms with Crippen molar-refractivity contribution in [2.75, 3.05) is 6.54 Å². The van der Waals surface area contributed by atoms with Crippen LogP contribution in [0.25, 0.3) is 10.2 Å². The van der Waals surface area contributed by atoms with Gasteiger partial charge in [0.1, 0.15) is 10.7 Å². The molecule has 1 aliphatic rings. The zero-order valence-electron chi connectivity index (χ0n) is 14.1. The van der Waals surface area contributed by atoms with Crippen molar-refractivity contribution in [3.63, 3.8) is 0 Å². The normalized spacial score (nSPS) is 20.0. The van der Waals surface area contributed by atoms with Gasteiger partial charge in [-0.3, -0.25) is 9.69 Å². The smallest absolute Gasteiger partial charge is 0.259 e. The van der Waals surface area contributed by atoms with E-state index in [-0.39, 0.29) is 11.6 Å². The summed E-state index contributed by atoms with van der Waals surface area (Å²) < 4.78 is 0. The Labute approximate surface area is 149 Å². The number of rotatable bonds is 3. The molecule has 4 nitrogen and oxygen atoms in total. The van der Waals surface area contributed by atoms with E-state index in [9.17, 15) is 4.79 Å². The number of H-pyrrole nitrogens is 1. The van der Waals surface area contributed by atoms with Crippen molar-refractivity contribution in [1.82, 2.24) is 14.9 Å². The van der Waals surface area contributed by atoms with Gasteiger partial charge in [-0.15, -0.1) is 11.3 Å². The first-order chi connectivity index (χ1) is 11.6. The number of hydrogen-bond acceptors (Lipinski definition) is 5. The molecule has 0 unspecified atom stereocenters. The van der Waals surface area contributed by atoms with E-state index < -0.39 is 0 Å². The highest BCUT2D eigenvalue weighted by Gasteiger charge is 2.32. The van der Waals surface area contributed by atoms with Crippen LogP contribution in [0.2, 0.25) is 0 Å². The summed E-state index contributed by atoms with van der Waals surface area (Å²) in [6.45, 7) is 7.26. The predicted octanol–water partition coefficient (Wildman–Crippen LogP) is 4.56. The Morgan fingerprint density at radius 2 is 2.25 bits per heavy atom. The van der Waals surface area contributed by atoms with E-state index in [1.807, 2.05) is 6.92 Å². The summed E-state index contributed by atoms with van der Waals surface area (Å²) in [6.07, 6.45) is 2.36. The molecule has 3 aromatic rings. The maximum absolute atomic E-state index is 12.6. The van der Waals surface area contributed by atoms with E-state index in [1.165, 1.54) is 23.3 Å². The minimum absolute atomic E-state index is 0.00465. The van der Waals surface area contributed by atoms with Gasteiger partial charge in [0, 0.05) is 10.9 Å². The van der Waals surface area contributed by atoms with Gasteiger partial charge >= 0.3 is 0 Å². The number of aromatic nitrogens is 2. The molecule has 3 aromatic heterocycles. The predicted molar refractivity (Wildman–Crippen MR) is 101 cm³/mol. The van der Waals surface area contributed by atoms with Gasteiger partial charge in [-0.2, -0.15) is 11.3 Å². The molecule has 1 N–H and O–H groups in total. The molecule has 0 aromatic carbocycles. The fraction of sp³-hybridized carbons (Fsp3) is 0.444. The standard InChI is InChI=1S/C18H21N3OS2/c1-10-12(3)24-18-15(10)17(22)19-16(20-18)11(2)21-7-4-5-14(21)13-6-8-23-9-13/h6,8-9,11,14H,4-5,7H2,1-3H3,(H,19,20,22)/t11-,14+/m1/s1. The van der Waals surface area contributed by atoms with E-state index in [4.69, 9.17) is 4.98 Å². The third-order valence-corrected chi connectivity index (χ3v) is 6.98. The van der Waals surface area contributed by atoms with Crippen LogP contribution < -0.4 is 5.56 Å². The Balaban J connectivity index is 1.73. The van der Waals surface area contributed by atoms with Crippen LogP contribution in [0.3, 0.4) is 0 Å². The molecule has 0 radical (unpaired) electrons. The fourth-order valence-corrected chi connectivity index (χ4v) is 5.45. The van der Waals surface area contributed by atoms with E-state index >= 15 is 0 Å². The molecular weight excluding hydrogens is 338 g/mol. The number of fused-ring (bicyclic) bond motifs is 1. The molecule has 0 bridgehead atoms. The maximum atomic E-state index is 12.6. The summed E-state index contributed by atoms with van der Waals surface area (Å²) in [7, 11) is 0. The maximum Gasteiger partial charge on any atom is 0.259 e. The zero-order valence-corrected chi connectivity index (χ0v) is 15.8. The Morgan fingerprint density at radius 1 is 1.42 bits per heavy atom. The lowest BCUT2D eigenvalue weighted by molar-refractivity contribution is 0.187. The lowest BCUT2D eigenvalue weighted by Gasteiger charge is -2.29. The first-order valence-corrected chi connectivity index (χ1v) is 10.1. The highest BCUT2D eigenvalue weighted by molar-refractivity contribution is 7.18. The topological polar surface area (TPSA) is 49.0 Å². The molecule has 1 aliphatic heterocycles. The number of hydrogen-bond donors (Lipinski definition) is 1. The summed E-state index contributed by atoms with van der Waals surface area (Å²) in [5.74, 6) is 0.788. The molecule has 24 heavy (non-hydrogen) atoms. The molecule has 0 amide bonds. The third-order valence-electron chi connectivity index (χ3n) is 5.17. The van der Waals surface area contributed by atoms with Gasteiger partial charge in [0.2, 0.25) is 0 Å². The molecule has 0 aliphatic carbocycles. The molecule has 2 atom stereocenters. The Morgan fingerprint density at radius 3 is 3.00 bits per heavy atom. The summed E-state index contributed by atoms with van der Waals surface area (Å²) >= 11 is 3.36. The monoisotopic (exact) mass is 359 g/mol. The molecule has 0 spiro atoms. The number of aromatic amines is 1. The number of aryl methyl sites for hydroxylation is 2. The van der Waals surface area contributed by atoms with Gasteiger partial charge in [-0.05, 0) is 68.1 Å². The molecular formula is C18H21N3OS2. The summed E-state index contributed by atoms with van der Waals surface area (Å²) in [5, 5.41) is 5.13. The molecule has 126 valence electrons. The first-order valence-electron chi connectivity index (χ1n) is 8.34. The second kappa shape index (κ2) is 6.10. The van der Waals surface area contributed by atoms with Crippen LogP contribution in [0.5, 0.6) is 0 Å². The number of nitrogens with zero attached hydrogens (tertiary/aromatic N) is 2. The zero-order chi connectivity index (χ0) is 16.8. The van der Waals surface area contributed by atoms with Crippen LogP contribution >= 0.6 is 22.7 Å². The van der Waals surface area contributed by atoms with Gasteiger partial charge in [-0.25, -0.2) is 4.98 Å². The van der Waals surface area contributed by atoms with Crippen LogP contribution in [-0.4, -0.2) is 21.4 Å². The summed E-state index contributed by atoms with van der Waals surface area (Å²) in [5.41, 5.74) is 2.44. The lowest BCUT2D eigenvalue weighted by atomic mass is 10.1. The average Bonchev–Trinajstić information content (AvgIpc) is 3.27. The van der Waals surface area contributed by atoms with Crippen LogP contribution in [-0.2, 0) is 0 Å². The van der Waals surface area contributed by atoms with Gasteiger partial charge in [-0.1, -0.05) is 0 Å². The van der Waals surface area contributed by atoms with Gasteiger partial charge in [0.05, 0.1) is 11.4 Å². The van der Waals surface area contributed by atoms with Gasteiger partial charge in [0.25, 0.3) is 5.56 Å². The van der Waals surface area contributed by atoms with Crippen molar-refractivity contribution in [2.45, 2.75) is 45.7 Å². The SMILES string of the molecule is Cc1sc2nc([C@@H](C)N3CCC[C@H]3c3ccsc3)[nH]c(=O)c2c1C. The second-order valence-corrected chi connectivity index (χ2v) is 8.53. The lowest BCUT2D eigenvalue weighted by Crippen LogP contribution is -2.29. The average molecular weight is 360 g/mol. The molecule has 6 heteroatoms. The minimum Gasteiger partial charge on any atom is -0.309 e. The highest BCUT2D eigenvalue weighted by Crippen LogP contribution is 2.38. The van der Waals surface area contributed by atoms with Crippen molar-refractivity contribution in [2.24, 2.45) is 0 Å². The fourth-order valence-electron chi connectivity index (χ4n) is 3.70. The number of nitrogens with one attached hydrogen (secondary N) is 1. The molecule has 4 heterocycles. The quantitative estimate of drug-likeness (QED) is 0.746. The van der Waals surface area contributed by atoms with Crippen LogP contribution in [0.15, 0.2) is 21.6 Å². The molecule has 1 saturated heterocycles. The number of thiophene rings is 2. The third kappa shape index (κ3) is 2.53. The Hall–Kier alpha value is -1.50.